The Labute approximate surface area is 104 Å². The lowest BCUT2D eigenvalue weighted by atomic mass is 10.1. The van der Waals surface area contributed by atoms with Crippen LogP contribution in [0, 0.1) is 0 Å². The number of ether oxygens (including phenoxy) is 3. The maximum absolute atomic E-state index is 11.0. The van der Waals surface area contributed by atoms with Crippen LogP contribution in [0.1, 0.15) is 13.8 Å². The van der Waals surface area contributed by atoms with Gasteiger partial charge in [-0.2, -0.15) is 11.8 Å². The molecule has 0 amide bonds. The molecule has 0 aromatic carbocycles. The van der Waals surface area contributed by atoms with Crippen LogP contribution in [-0.2, 0) is 23.8 Å². The number of hydrogen-bond donors (Lipinski definition) is 0. The number of thioether (sulfide) groups is 1. The third kappa shape index (κ3) is 4.30. The molecule has 3 atom stereocenters. The Morgan fingerprint density at radius 1 is 1.35 bits per heavy atom. The molecule has 0 radical (unpaired) electrons. The Balaban J connectivity index is 2.67. The van der Waals surface area contributed by atoms with Crippen molar-refractivity contribution >= 4 is 23.7 Å². The van der Waals surface area contributed by atoms with Gasteiger partial charge in [0, 0.05) is 13.8 Å². The molecule has 6 heteroatoms. The molecule has 1 aliphatic rings. The van der Waals surface area contributed by atoms with Crippen LogP contribution >= 0.6 is 11.8 Å². The minimum absolute atomic E-state index is 0.00760. The zero-order valence-electron chi connectivity index (χ0n) is 10.0. The zero-order chi connectivity index (χ0) is 12.8. The monoisotopic (exact) mass is 260 g/mol. The van der Waals surface area contributed by atoms with Gasteiger partial charge in [-0.1, -0.05) is 0 Å². The maximum Gasteiger partial charge on any atom is 0.303 e. The lowest BCUT2D eigenvalue weighted by Crippen LogP contribution is -2.44. The smallest absolute Gasteiger partial charge is 0.303 e. The molecule has 1 heterocycles. The first-order chi connectivity index (χ1) is 8.04. The second kappa shape index (κ2) is 6.54. The van der Waals surface area contributed by atoms with Crippen LogP contribution in [0.2, 0.25) is 0 Å². The second-order valence-corrected chi connectivity index (χ2v) is 4.60. The summed E-state index contributed by atoms with van der Waals surface area (Å²) in [6, 6.07) is 0. The van der Waals surface area contributed by atoms with E-state index in [2.05, 4.69) is 0 Å². The van der Waals surface area contributed by atoms with Gasteiger partial charge in [0.05, 0.1) is 11.5 Å². The van der Waals surface area contributed by atoms with Gasteiger partial charge in [-0.05, 0) is 12.3 Å². The lowest BCUT2D eigenvalue weighted by Gasteiger charge is -2.32. The molecular weight excluding hydrogens is 244 g/mol. The molecule has 0 spiro atoms. The van der Waals surface area contributed by atoms with Crippen molar-refractivity contribution in [3.63, 3.8) is 0 Å². The second-order valence-electron chi connectivity index (χ2n) is 3.58. The molecular formula is C11H16O5S. The number of carbonyl (C=O) groups excluding carboxylic acids is 2. The summed E-state index contributed by atoms with van der Waals surface area (Å²) in [5, 5.41) is 0.00760. The van der Waals surface area contributed by atoms with E-state index >= 15 is 0 Å². The molecule has 5 nitrogen and oxygen atoms in total. The van der Waals surface area contributed by atoms with Gasteiger partial charge < -0.3 is 14.2 Å². The molecule has 1 unspecified atom stereocenters. The molecule has 0 saturated heterocycles. The summed E-state index contributed by atoms with van der Waals surface area (Å²) in [7, 11) is 0. The van der Waals surface area contributed by atoms with Crippen molar-refractivity contribution in [1.82, 2.24) is 0 Å². The average Bonchev–Trinajstić information content (AvgIpc) is 2.26. The summed E-state index contributed by atoms with van der Waals surface area (Å²) < 4.78 is 15.4. The highest BCUT2D eigenvalue weighted by Crippen LogP contribution is 2.25. The van der Waals surface area contributed by atoms with Crippen molar-refractivity contribution < 1.29 is 23.8 Å². The first kappa shape index (κ1) is 13.9. The maximum atomic E-state index is 11.0. The topological polar surface area (TPSA) is 61.8 Å². The average molecular weight is 260 g/mol. The van der Waals surface area contributed by atoms with Gasteiger partial charge in [-0.25, -0.2) is 0 Å². The number of rotatable bonds is 4. The van der Waals surface area contributed by atoms with Crippen LogP contribution in [0.3, 0.4) is 0 Å². The van der Waals surface area contributed by atoms with Crippen molar-refractivity contribution in [2.24, 2.45) is 0 Å². The zero-order valence-corrected chi connectivity index (χ0v) is 10.9. The number of carbonyl (C=O) groups is 2. The SMILES string of the molecule is CS[C@@H]1C=COC(COC(C)=O)[C@@H]1OC(C)=O. The Morgan fingerprint density at radius 3 is 2.59 bits per heavy atom. The van der Waals surface area contributed by atoms with Crippen LogP contribution in [0.5, 0.6) is 0 Å². The van der Waals surface area contributed by atoms with Crippen LogP contribution in [0.25, 0.3) is 0 Å². The first-order valence-corrected chi connectivity index (χ1v) is 6.49. The van der Waals surface area contributed by atoms with Gasteiger partial charge in [0.15, 0.2) is 12.2 Å². The fraction of sp³-hybridized carbons (Fsp3) is 0.636. The van der Waals surface area contributed by atoms with E-state index in [1.54, 1.807) is 18.0 Å². The van der Waals surface area contributed by atoms with Gasteiger partial charge in [0.1, 0.15) is 6.61 Å². The highest BCUT2D eigenvalue weighted by molar-refractivity contribution is 7.99. The Bertz CT molecular complexity index is 315. The molecule has 0 aromatic rings. The molecule has 0 N–H and O–H groups in total. The highest BCUT2D eigenvalue weighted by Gasteiger charge is 2.35. The molecule has 17 heavy (non-hydrogen) atoms. The summed E-state index contributed by atoms with van der Waals surface area (Å²) >= 11 is 1.55. The fourth-order valence-corrected chi connectivity index (χ4v) is 2.22. The summed E-state index contributed by atoms with van der Waals surface area (Å²) in [6.45, 7) is 2.75. The van der Waals surface area contributed by atoms with Crippen molar-refractivity contribution in [2.75, 3.05) is 12.9 Å². The molecule has 96 valence electrons. The van der Waals surface area contributed by atoms with E-state index in [4.69, 9.17) is 14.2 Å². The van der Waals surface area contributed by atoms with Gasteiger partial charge >= 0.3 is 11.9 Å². The quantitative estimate of drug-likeness (QED) is 0.706. The van der Waals surface area contributed by atoms with Crippen molar-refractivity contribution in [3.8, 4) is 0 Å². The largest absolute Gasteiger partial charge is 0.491 e. The molecule has 0 bridgehead atoms. The number of hydrogen-bond acceptors (Lipinski definition) is 6. The standard InChI is InChI=1S/C11H16O5S/c1-7(12)15-6-9-11(16-8(2)13)10(17-3)4-5-14-9/h4-5,9-11H,6H2,1-3H3/t9?,10-,11+/m1/s1. The van der Waals surface area contributed by atoms with Crippen LogP contribution < -0.4 is 0 Å². The first-order valence-electron chi connectivity index (χ1n) is 5.20. The molecule has 0 saturated carbocycles. The highest BCUT2D eigenvalue weighted by atomic mass is 32.2. The third-order valence-electron chi connectivity index (χ3n) is 2.24. The fourth-order valence-electron chi connectivity index (χ4n) is 1.50. The normalized spacial score (nSPS) is 27.1. The number of esters is 2. The lowest BCUT2D eigenvalue weighted by molar-refractivity contribution is -0.159. The molecule has 1 aliphatic heterocycles. The summed E-state index contributed by atoms with van der Waals surface area (Å²) in [4.78, 5) is 21.8. The summed E-state index contributed by atoms with van der Waals surface area (Å²) in [5.74, 6) is -0.758. The van der Waals surface area contributed by atoms with Gasteiger partial charge in [-0.3, -0.25) is 9.59 Å². The van der Waals surface area contributed by atoms with E-state index in [1.807, 2.05) is 12.3 Å². The van der Waals surface area contributed by atoms with Gasteiger partial charge in [0.25, 0.3) is 0 Å². The van der Waals surface area contributed by atoms with Crippen LogP contribution in [0.4, 0.5) is 0 Å². The minimum Gasteiger partial charge on any atom is -0.491 e. The van der Waals surface area contributed by atoms with Gasteiger partial charge in [-0.15, -0.1) is 0 Å². The van der Waals surface area contributed by atoms with Crippen molar-refractivity contribution in [1.29, 1.82) is 0 Å². The van der Waals surface area contributed by atoms with E-state index in [9.17, 15) is 9.59 Å². The molecule has 1 rings (SSSR count). The summed E-state index contributed by atoms with van der Waals surface area (Å²) in [5.41, 5.74) is 0. The molecule has 0 aliphatic carbocycles. The molecule has 0 aromatic heterocycles. The van der Waals surface area contributed by atoms with E-state index in [0.29, 0.717) is 0 Å². The minimum atomic E-state index is -0.453. The Hall–Kier alpha value is -1.17. The Morgan fingerprint density at radius 2 is 2.06 bits per heavy atom. The third-order valence-corrected chi connectivity index (χ3v) is 3.21. The van der Waals surface area contributed by atoms with Crippen molar-refractivity contribution in [3.05, 3.63) is 12.3 Å². The van der Waals surface area contributed by atoms with E-state index in [-0.39, 0.29) is 23.8 Å². The predicted molar refractivity (Wildman–Crippen MR) is 63.5 cm³/mol. The van der Waals surface area contributed by atoms with Crippen LogP contribution in [-0.4, -0.2) is 42.3 Å². The van der Waals surface area contributed by atoms with Crippen molar-refractivity contribution in [2.45, 2.75) is 31.3 Å². The molecule has 0 fully saturated rings. The Kier molecular flexibility index (Phi) is 5.34. The van der Waals surface area contributed by atoms with Crippen LogP contribution in [0.15, 0.2) is 12.3 Å². The van der Waals surface area contributed by atoms with Gasteiger partial charge in [0.2, 0.25) is 0 Å². The van der Waals surface area contributed by atoms with E-state index in [0.717, 1.165) is 0 Å². The summed E-state index contributed by atoms with van der Waals surface area (Å²) in [6.07, 6.45) is 4.40. The van der Waals surface area contributed by atoms with E-state index in [1.165, 1.54) is 13.8 Å². The predicted octanol–water partition coefficient (Wildman–Crippen LogP) is 1.13. The van der Waals surface area contributed by atoms with E-state index < -0.39 is 12.2 Å².